The van der Waals surface area contributed by atoms with E-state index in [0.717, 1.165) is 67.9 Å². The highest BCUT2D eigenvalue weighted by molar-refractivity contribution is 6.33. The van der Waals surface area contributed by atoms with Crippen LogP contribution in [0.1, 0.15) is 5.56 Å². The Labute approximate surface area is 214 Å². The Hall–Kier alpha value is -5.16. The highest BCUT2D eigenvalue weighted by Gasteiger charge is 2.22. The van der Waals surface area contributed by atoms with Crippen molar-refractivity contribution in [1.82, 2.24) is 0 Å². The second-order valence-electron chi connectivity index (χ2n) is 9.00. The Morgan fingerprint density at radius 2 is 1.14 bits per heavy atom. The van der Waals surface area contributed by atoms with Crippen molar-refractivity contribution >= 4 is 28.4 Å². The smallest absolute Gasteiger partial charge is 0.116 e. The fourth-order valence-electron chi connectivity index (χ4n) is 4.79. The number of hydrogen-bond donors (Lipinski definition) is 1. The summed E-state index contributed by atoms with van der Waals surface area (Å²) in [5, 5.41) is 10.2. The van der Waals surface area contributed by atoms with Gasteiger partial charge in [0.1, 0.15) is 5.75 Å². The van der Waals surface area contributed by atoms with E-state index in [2.05, 4.69) is 12.1 Å². The van der Waals surface area contributed by atoms with E-state index in [1.54, 1.807) is 12.1 Å². The van der Waals surface area contributed by atoms with Crippen LogP contribution in [-0.2, 0) is 0 Å². The Morgan fingerprint density at radius 3 is 1.86 bits per heavy atom. The van der Waals surface area contributed by atoms with Gasteiger partial charge in [0.15, 0.2) is 0 Å². The SMILES string of the molecule is Oc1cccc(-c2ccccc2C2=C3C=CC(=N3)C=C3C=CC(=N3)C=C3C=CC(=N3)C=C3C=CC2=N3)c1. The fourth-order valence-corrected chi connectivity index (χ4v) is 4.79. The third-order valence-electron chi connectivity index (χ3n) is 6.44. The van der Waals surface area contributed by atoms with E-state index < -0.39 is 0 Å². The van der Waals surface area contributed by atoms with Crippen molar-refractivity contribution < 1.29 is 5.11 Å². The molecule has 0 amide bonds. The quantitative estimate of drug-likeness (QED) is 0.530. The Bertz CT molecular complexity index is 1760. The average molecular weight is 477 g/mol. The molecule has 5 aliphatic heterocycles. The molecule has 174 valence electrons. The summed E-state index contributed by atoms with van der Waals surface area (Å²) >= 11 is 0. The van der Waals surface area contributed by atoms with Gasteiger partial charge in [-0.25, -0.2) is 20.0 Å². The van der Waals surface area contributed by atoms with E-state index in [-0.39, 0.29) is 5.75 Å². The van der Waals surface area contributed by atoms with Gasteiger partial charge in [-0.05, 0) is 95.7 Å². The Balaban J connectivity index is 1.46. The zero-order chi connectivity index (χ0) is 24.8. The van der Waals surface area contributed by atoms with Crippen molar-refractivity contribution in [2.24, 2.45) is 20.0 Å². The zero-order valence-corrected chi connectivity index (χ0v) is 19.7. The van der Waals surface area contributed by atoms with Gasteiger partial charge in [0.2, 0.25) is 0 Å². The molecule has 1 N–H and O–H groups in total. The van der Waals surface area contributed by atoms with Crippen LogP contribution in [0.25, 0.3) is 16.7 Å². The van der Waals surface area contributed by atoms with Gasteiger partial charge < -0.3 is 5.11 Å². The zero-order valence-electron chi connectivity index (χ0n) is 19.7. The molecule has 37 heavy (non-hydrogen) atoms. The number of rotatable bonds is 2. The summed E-state index contributed by atoms with van der Waals surface area (Å²) in [5.41, 5.74) is 10.5. The number of aliphatic imine (C=N–C) groups is 4. The molecule has 8 bridgehead atoms. The number of allylic oxidation sites excluding steroid dienone is 12. The first-order chi connectivity index (χ1) is 18.2. The minimum Gasteiger partial charge on any atom is -0.508 e. The molecule has 7 rings (SSSR count). The van der Waals surface area contributed by atoms with Crippen LogP contribution in [0, 0.1) is 0 Å². The summed E-state index contributed by atoms with van der Waals surface area (Å²) in [6, 6.07) is 15.5. The van der Waals surface area contributed by atoms with Crippen molar-refractivity contribution in [2.75, 3.05) is 0 Å². The van der Waals surface area contributed by atoms with E-state index in [9.17, 15) is 5.11 Å². The fraction of sp³-hybridized carbons (Fsp3) is 0. The molecule has 5 heteroatoms. The first kappa shape index (κ1) is 21.1. The summed E-state index contributed by atoms with van der Waals surface area (Å²) in [6.45, 7) is 0. The molecule has 0 aromatic heterocycles. The van der Waals surface area contributed by atoms with E-state index in [1.165, 1.54) is 0 Å². The molecule has 0 radical (unpaired) electrons. The van der Waals surface area contributed by atoms with Crippen LogP contribution in [-0.4, -0.2) is 28.0 Å². The monoisotopic (exact) mass is 476 g/mol. The molecule has 0 saturated carbocycles. The lowest BCUT2D eigenvalue weighted by atomic mass is 9.90. The molecule has 0 fully saturated rings. The molecule has 5 heterocycles. The van der Waals surface area contributed by atoms with Crippen molar-refractivity contribution in [3.63, 3.8) is 0 Å². The van der Waals surface area contributed by atoms with Gasteiger partial charge in [-0.3, -0.25) is 0 Å². The number of hydrogen-bond acceptors (Lipinski definition) is 5. The molecule has 0 unspecified atom stereocenters. The highest BCUT2D eigenvalue weighted by atomic mass is 16.3. The molecule has 0 saturated heterocycles. The van der Waals surface area contributed by atoms with Gasteiger partial charge in [0, 0.05) is 5.57 Å². The van der Waals surface area contributed by atoms with Gasteiger partial charge in [0.05, 0.1) is 45.6 Å². The van der Waals surface area contributed by atoms with Gasteiger partial charge in [-0.1, -0.05) is 36.4 Å². The van der Waals surface area contributed by atoms with Crippen LogP contribution in [0.3, 0.4) is 0 Å². The lowest BCUT2D eigenvalue weighted by Gasteiger charge is -2.14. The third kappa shape index (κ3) is 4.02. The number of fused-ring (bicyclic) bond motifs is 4. The average Bonchev–Trinajstić information content (AvgIpc) is 3.71. The maximum absolute atomic E-state index is 10.2. The van der Waals surface area contributed by atoms with Crippen molar-refractivity contribution in [2.45, 2.75) is 0 Å². The van der Waals surface area contributed by atoms with Crippen molar-refractivity contribution in [1.29, 1.82) is 0 Å². The van der Waals surface area contributed by atoms with Gasteiger partial charge in [0.25, 0.3) is 0 Å². The van der Waals surface area contributed by atoms with Gasteiger partial charge >= 0.3 is 0 Å². The van der Waals surface area contributed by atoms with Crippen LogP contribution in [0.4, 0.5) is 0 Å². The molecule has 0 atom stereocenters. The van der Waals surface area contributed by atoms with Crippen LogP contribution >= 0.6 is 0 Å². The molecule has 0 spiro atoms. The van der Waals surface area contributed by atoms with Crippen molar-refractivity contribution in [3.05, 3.63) is 144 Å². The maximum Gasteiger partial charge on any atom is 0.116 e. The minimum atomic E-state index is 0.224. The summed E-state index contributed by atoms with van der Waals surface area (Å²) < 4.78 is 0. The number of phenols is 1. The lowest BCUT2D eigenvalue weighted by molar-refractivity contribution is 0.475. The minimum absolute atomic E-state index is 0.224. The summed E-state index contributed by atoms with van der Waals surface area (Å²) in [5.74, 6) is 0.224. The van der Waals surface area contributed by atoms with Crippen LogP contribution < -0.4 is 0 Å². The molecular weight excluding hydrogens is 456 g/mol. The molecule has 2 aromatic rings. The van der Waals surface area contributed by atoms with E-state index in [1.807, 2.05) is 91.1 Å². The standard InChI is InChI=1S/C32H20N4O/c37-27-5-3-4-20(16-27)28-6-1-2-7-29(28)32-30-14-12-25(35-30)18-23-10-8-21(33-23)17-22-9-11-24(34-22)19-26-13-15-31(32)36-26/h1-19,37H. The first-order valence-electron chi connectivity index (χ1n) is 12.0. The molecule has 5 aliphatic rings. The number of aromatic hydroxyl groups is 1. The number of nitrogens with zero attached hydrogens (tertiary/aromatic N) is 4. The second-order valence-corrected chi connectivity index (χ2v) is 9.00. The second kappa shape index (κ2) is 8.50. The van der Waals surface area contributed by atoms with Crippen LogP contribution in [0.2, 0.25) is 0 Å². The number of benzene rings is 2. The largest absolute Gasteiger partial charge is 0.508 e. The maximum atomic E-state index is 10.2. The summed E-state index contributed by atoms with van der Waals surface area (Å²) in [7, 11) is 0. The summed E-state index contributed by atoms with van der Waals surface area (Å²) in [6.07, 6.45) is 21.9. The Kier molecular flexibility index (Phi) is 4.86. The normalized spacial score (nSPS) is 19.0. The summed E-state index contributed by atoms with van der Waals surface area (Å²) in [4.78, 5) is 19.4. The first-order valence-corrected chi connectivity index (χ1v) is 12.0. The Morgan fingerprint density at radius 1 is 0.514 bits per heavy atom. The van der Waals surface area contributed by atoms with Gasteiger partial charge in [-0.2, -0.15) is 0 Å². The van der Waals surface area contributed by atoms with Gasteiger partial charge in [-0.15, -0.1) is 0 Å². The molecule has 2 aromatic carbocycles. The number of phenolic OH excluding ortho intramolecular Hbond substituents is 1. The predicted molar refractivity (Wildman–Crippen MR) is 151 cm³/mol. The highest BCUT2D eigenvalue weighted by Crippen LogP contribution is 2.36. The van der Waals surface area contributed by atoms with E-state index in [0.29, 0.717) is 0 Å². The van der Waals surface area contributed by atoms with E-state index in [4.69, 9.17) is 20.0 Å². The lowest BCUT2D eigenvalue weighted by Crippen LogP contribution is -2.02. The molecule has 5 nitrogen and oxygen atoms in total. The molecular formula is C32H20N4O. The van der Waals surface area contributed by atoms with Crippen LogP contribution in [0.15, 0.2) is 158 Å². The molecule has 0 aliphatic carbocycles. The van der Waals surface area contributed by atoms with Crippen molar-refractivity contribution in [3.8, 4) is 16.9 Å². The van der Waals surface area contributed by atoms with Crippen LogP contribution in [0.5, 0.6) is 5.75 Å². The predicted octanol–water partition coefficient (Wildman–Crippen LogP) is 6.48. The van der Waals surface area contributed by atoms with E-state index >= 15 is 0 Å². The topological polar surface area (TPSA) is 69.7 Å². The third-order valence-corrected chi connectivity index (χ3v) is 6.44.